The third-order valence-corrected chi connectivity index (χ3v) is 3.59. The second-order valence-corrected chi connectivity index (χ2v) is 5.14. The van der Waals surface area contributed by atoms with E-state index in [0.29, 0.717) is 6.42 Å². The number of nitrogens with zero attached hydrogens (tertiary/aromatic N) is 1. The molecule has 1 amide bonds. The van der Waals surface area contributed by atoms with Gasteiger partial charge in [0.2, 0.25) is 5.91 Å². The van der Waals surface area contributed by atoms with Crippen LogP contribution in [-0.4, -0.2) is 11.9 Å². The summed E-state index contributed by atoms with van der Waals surface area (Å²) in [5.74, 6) is 0.0886. The van der Waals surface area contributed by atoms with Crippen LogP contribution in [0.1, 0.15) is 31.2 Å². The van der Waals surface area contributed by atoms with Gasteiger partial charge in [0, 0.05) is 17.6 Å². The average molecular weight is 257 g/mol. The van der Waals surface area contributed by atoms with Gasteiger partial charge in [0.05, 0.1) is 12.5 Å². The van der Waals surface area contributed by atoms with E-state index in [2.05, 4.69) is 11.4 Å². The van der Waals surface area contributed by atoms with E-state index in [0.717, 1.165) is 36.9 Å². The summed E-state index contributed by atoms with van der Waals surface area (Å²) in [6, 6.07) is 9.67. The van der Waals surface area contributed by atoms with E-state index in [-0.39, 0.29) is 17.9 Å². The molecule has 1 aromatic carbocycles. The number of benzene rings is 1. The van der Waals surface area contributed by atoms with Crippen molar-refractivity contribution < 1.29 is 4.79 Å². The summed E-state index contributed by atoms with van der Waals surface area (Å²) in [6.45, 7) is 0. The summed E-state index contributed by atoms with van der Waals surface area (Å²) < 4.78 is 0. The molecule has 0 heterocycles. The molecule has 2 unspecified atom stereocenters. The van der Waals surface area contributed by atoms with Crippen molar-refractivity contribution in [2.24, 2.45) is 11.7 Å². The number of nitrogens with one attached hydrogen (secondary N) is 1. The highest BCUT2D eigenvalue weighted by Crippen LogP contribution is 2.24. The van der Waals surface area contributed by atoms with Crippen LogP contribution in [0.4, 0.5) is 5.69 Å². The van der Waals surface area contributed by atoms with E-state index in [1.165, 1.54) is 0 Å². The van der Waals surface area contributed by atoms with Crippen LogP contribution in [0.2, 0.25) is 0 Å². The lowest BCUT2D eigenvalue weighted by molar-refractivity contribution is -0.120. The van der Waals surface area contributed by atoms with Gasteiger partial charge in [-0.05, 0) is 37.0 Å². The van der Waals surface area contributed by atoms with E-state index in [4.69, 9.17) is 11.0 Å². The van der Waals surface area contributed by atoms with Gasteiger partial charge in [0.15, 0.2) is 0 Å². The maximum atomic E-state index is 12.1. The first-order valence-electron chi connectivity index (χ1n) is 6.71. The minimum absolute atomic E-state index is 0.0301. The lowest BCUT2D eigenvalue weighted by Gasteiger charge is -2.25. The predicted molar refractivity (Wildman–Crippen MR) is 74.3 cm³/mol. The minimum Gasteiger partial charge on any atom is -0.328 e. The average Bonchev–Trinajstić information content (AvgIpc) is 2.41. The Kier molecular flexibility index (Phi) is 4.53. The van der Waals surface area contributed by atoms with Crippen LogP contribution >= 0.6 is 0 Å². The number of amides is 1. The first kappa shape index (κ1) is 13.6. The highest BCUT2D eigenvalue weighted by Gasteiger charge is 2.25. The van der Waals surface area contributed by atoms with E-state index in [9.17, 15) is 4.79 Å². The molecule has 1 saturated carbocycles. The smallest absolute Gasteiger partial charge is 0.227 e. The van der Waals surface area contributed by atoms with Gasteiger partial charge in [-0.2, -0.15) is 5.26 Å². The number of carbonyl (C=O) groups excluding carboxylic acids is 1. The zero-order chi connectivity index (χ0) is 13.7. The summed E-state index contributed by atoms with van der Waals surface area (Å²) in [5.41, 5.74) is 7.64. The summed E-state index contributed by atoms with van der Waals surface area (Å²) in [7, 11) is 0. The number of anilines is 1. The van der Waals surface area contributed by atoms with Crippen molar-refractivity contribution in [1.82, 2.24) is 0 Å². The van der Waals surface area contributed by atoms with Gasteiger partial charge >= 0.3 is 0 Å². The summed E-state index contributed by atoms with van der Waals surface area (Å²) in [6.07, 6.45) is 4.14. The van der Waals surface area contributed by atoms with Crippen LogP contribution in [0.25, 0.3) is 0 Å². The Morgan fingerprint density at radius 3 is 2.74 bits per heavy atom. The molecular weight excluding hydrogens is 238 g/mol. The normalized spacial score (nSPS) is 22.5. The first-order chi connectivity index (χ1) is 9.19. The largest absolute Gasteiger partial charge is 0.328 e. The molecule has 0 bridgehead atoms. The molecule has 3 N–H and O–H groups in total. The van der Waals surface area contributed by atoms with Gasteiger partial charge in [-0.15, -0.1) is 0 Å². The van der Waals surface area contributed by atoms with Crippen molar-refractivity contribution in [3.05, 3.63) is 29.8 Å². The molecule has 1 fully saturated rings. The summed E-state index contributed by atoms with van der Waals surface area (Å²) >= 11 is 0. The van der Waals surface area contributed by atoms with Crippen LogP contribution < -0.4 is 11.1 Å². The second-order valence-electron chi connectivity index (χ2n) is 5.14. The molecule has 1 aliphatic rings. The van der Waals surface area contributed by atoms with E-state index < -0.39 is 0 Å². The molecule has 2 rings (SSSR count). The van der Waals surface area contributed by atoms with E-state index in [1.807, 2.05) is 24.3 Å². The fourth-order valence-electron chi connectivity index (χ4n) is 2.51. The predicted octanol–water partition coefficient (Wildman–Crippen LogP) is 2.21. The molecule has 100 valence electrons. The first-order valence-corrected chi connectivity index (χ1v) is 6.71. The molecule has 0 spiro atoms. The van der Waals surface area contributed by atoms with Crippen LogP contribution in [0.15, 0.2) is 24.3 Å². The van der Waals surface area contributed by atoms with Gasteiger partial charge in [0.25, 0.3) is 0 Å². The molecule has 1 aromatic rings. The van der Waals surface area contributed by atoms with Gasteiger partial charge in [-0.25, -0.2) is 0 Å². The number of hydrogen-bond donors (Lipinski definition) is 2. The van der Waals surface area contributed by atoms with Gasteiger partial charge in [-0.3, -0.25) is 4.79 Å². The fraction of sp³-hybridized carbons (Fsp3) is 0.467. The molecule has 1 aliphatic carbocycles. The third kappa shape index (κ3) is 3.80. The zero-order valence-electron chi connectivity index (χ0n) is 10.9. The molecule has 4 heteroatoms. The van der Waals surface area contributed by atoms with Crippen LogP contribution in [0, 0.1) is 17.2 Å². The van der Waals surface area contributed by atoms with E-state index >= 15 is 0 Å². The number of hydrogen-bond acceptors (Lipinski definition) is 3. The van der Waals surface area contributed by atoms with Crippen molar-refractivity contribution in [2.75, 3.05) is 5.32 Å². The molecular formula is C15H19N3O. The Morgan fingerprint density at radius 2 is 2.11 bits per heavy atom. The summed E-state index contributed by atoms with van der Waals surface area (Å²) in [5, 5.41) is 11.5. The van der Waals surface area contributed by atoms with Gasteiger partial charge in [0.1, 0.15) is 0 Å². The molecule has 2 atom stereocenters. The molecule has 0 radical (unpaired) electrons. The van der Waals surface area contributed by atoms with Gasteiger partial charge in [-0.1, -0.05) is 18.6 Å². The van der Waals surface area contributed by atoms with Crippen LogP contribution in [0.5, 0.6) is 0 Å². The molecule has 4 nitrogen and oxygen atoms in total. The van der Waals surface area contributed by atoms with Crippen molar-refractivity contribution in [2.45, 2.75) is 38.1 Å². The number of nitrogens with two attached hydrogens (primary N) is 1. The van der Waals surface area contributed by atoms with Crippen molar-refractivity contribution in [1.29, 1.82) is 5.26 Å². The van der Waals surface area contributed by atoms with Crippen molar-refractivity contribution in [3.63, 3.8) is 0 Å². The molecule has 0 saturated heterocycles. The van der Waals surface area contributed by atoms with Crippen LogP contribution in [-0.2, 0) is 11.2 Å². The third-order valence-electron chi connectivity index (χ3n) is 3.59. The number of nitriles is 1. The SMILES string of the molecule is N#CCc1ccc(NC(=O)C2CCCC(N)C2)cc1. The standard InChI is InChI=1S/C15H19N3O/c16-9-8-11-4-6-14(7-5-11)18-15(19)12-2-1-3-13(17)10-12/h4-7,12-13H,1-3,8,10,17H2,(H,18,19). The maximum absolute atomic E-state index is 12.1. The second kappa shape index (κ2) is 6.35. The minimum atomic E-state index is 0.0301. The van der Waals surface area contributed by atoms with Crippen molar-refractivity contribution >= 4 is 11.6 Å². The highest BCUT2D eigenvalue weighted by atomic mass is 16.1. The molecule has 19 heavy (non-hydrogen) atoms. The monoisotopic (exact) mass is 257 g/mol. The van der Waals surface area contributed by atoms with Crippen LogP contribution in [0.3, 0.4) is 0 Å². The topological polar surface area (TPSA) is 78.9 Å². The Hall–Kier alpha value is -1.86. The molecule has 0 aliphatic heterocycles. The molecule has 0 aromatic heterocycles. The summed E-state index contributed by atoms with van der Waals surface area (Å²) in [4.78, 5) is 12.1. The lowest BCUT2D eigenvalue weighted by atomic mass is 9.85. The Labute approximate surface area is 113 Å². The lowest BCUT2D eigenvalue weighted by Crippen LogP contribution is -2.34. The highest BCUT2D eigenvalue weighted by molar-refractivity contribution is 5.92. The van der Waals surface area contributed by atoms with E-state index in [1.54, 1.807) is 0 Å². The quantitative estimate of drug-likeness (QED) is 0.871. The maximum Gasteiger partial charge on any atom is 0.227 e. The Bertz CT molecular complexity index is 475. The van der Waals surface area contributed by atoms with Gasteiger partial charge < -0.3 is 11.1 Å². The Balaban J connectivity index is 1.93. The number of carbonyl (C=O) groups is 1. The fourth-order valence-corrected chi connectivity index (χ4v) is 2.51. The zero-order valence-corrected chi connectivity index (χ0v) is 10.9. The number of rotatable bonds is 3. The Morgan fingerprint density at radius 1 is 1.37 bits per heavy atom. The van der Waals surface area contributed by atoms with Crippen molar-refractivity contribution in [3.8, 4) is 6.07 Å².